The summed E-state index contributed by atoms with van der Waals surface area (Å²) in [6.45, 7) is 4.83. The van der Waals surface area contributed by atoms with Crippen LogP contribution in [0.5, 0.6) is 0 Å². The second-order valence-electron chi connectivity index (χ2n) is 3.82. The molecule has 0 aliphatic carbocycles. The lowest BCUT2D eigenvalue weighted by molar-refractivity contribution is 0.487. The maximum Gasteiger partial charge on any atom is 0.264 e. The molecule has 18 heavy (non-hydrogen) atoms. The van der Waals surface area contributed by atoms with Gasteiger partial charge in [0.25, 0.3) is 5.22 Å². The van der Waals surface area contributed by atoms with Gasteiger partial charge in [0.05, 0.1) is 0 Å². The van der Waals surface area contributed by atoms with Crippen molar-refractivity contribution in [1.29, 1.82) is 0 Å². The number of hydrogen-bond acceptors (Lipinski definition) is 5. The molecular weight excluding hydrogens is 248 g/mol. The van der Waals surface area contributed by atoms with Crippen LogP contribution in [0.3, 0.4) is 0 Å². The number of benzene rings is 1. The Morgan fingerprint density at radius 3 is 2.89 bits per heavy atom. The molecule has 0 bridgehead atoms. The van der Waals surface area contributed by atoms with E-state index in [2.05, 4.69) is 22.1 Å². The second-order valence-corrected chi connectivity index (χ2v) is 4.74. The fraction of sp³-hybridized carbons (Fsp3) is 0.250. The van der Waals surface area contributed by atoms with Crippen molar-refractivity contribution in [2.45, 2.75) is 30.8 Å². The Hall–Kier alpha value is -1.82. The zero-order chi connectivity index (χ0) is 12.5. The smallest absolute Gasteiger partial charge is 0.264 e. The Morgan fingerprint density at radius 1 is 1.28 bits per heavy atom. The average Bonchev–Trinajstić information content (AvgIpc) is 2.93. The van der Waals surface area contributed by atoms with Crippen molar-refractivity contribution in [2.75, 3.05) is 0 Å². The summed E-state index contributed by atoms with van der Waals surface area (Å²) < 4.78 is 7.68. The standard InChI is InChI=1S/C12H12N4OS/c1-3-16-8(2)14-15-11(16)18-12-13-9-6-4-5-7-10(9)17-12/h4-7H,3H2,1-2H3. The average molecular weight is 260 g/mol. The molecule has 6 heteroatoms. The molecule has 0 N–H and O–H groups in total. The van der Waals surface area contributed by atoms with Crippen molar-refractivity contribution in [3.05, 3.63) is 30.1 Å². The number of aromatic nitrogens is 4. The van der Waals surface area contributed by atoms with Crippen LogP contribution in [0.4, 0.5) is 0 Å². The fourth-order valence-corrected chi connectivity index (χ4v) is 2.66. The van der Waals surface area contributed by atoms with Crippen LogP contribution in [-0.2, 0) is 6.54 Å². The van der Waals surface area contributed by atoms with Crippen LogP contribution in [0.25, 0.3) is 11.1 Å². The highest BCUT2D eigenvalue weighted by molar-refractivity contribution is 7.99. The summed E-state index contributed by atoms with van der Waals surface area (Å²) in [6.07, 6.45) is 0. The number of fused-ring (bicyclic) bond motifs is 1. The molecule has 0 aliphatic heterocycles. The van der Waals surface area contributed by atoms with Gasteiger partial charge in [-0.3, -0.25) is 0 Å². The summed E-state index contributed by atoms with van der Waals surface area (Å²) in [5, 5.41) is 9.59. The Balaban J connectivity index is 1.96. The number of rotatable bonds is 3. The summed E-state index contributed by atoms with van der Waals surface area (Å²) in [5.74, 6) is 0.899. The van der Waals surface area contributed by atoms with Crippen molar-refractivity contribution in [2.24, 2.45) is 0 Å². The van der Waals surface area contributed by atoms with Crippen LogP contribution in [0, 0.1) is 6.92 Å². The van der Waals surface area contributed by atoms with Crippen LogP contribution < -0.4 is 0 Å². The zero-order valence-corrected chi connectivity index (χ0v) is 10.9. The van der Waals surface area contributed by atoms with E-state index in [1.807, 2.05) is 35.8 Å². The third-order valence-corrected chi connectivity index (χ3v) is 3.50. The molecule has 0 amide bonds. The van der Waals surface area contributed by atoms with Crippen LogP contribution in [0.1, 0.15) is 12.7 Å². The van der Waals surface area contributed by atoms with E-state index in [4.69, 9.17) is 4.42 Å². The maximum absolute atomic E-state index is 5.65. The van der Waals surface area contributed by atoms with E-state index in [0.29, 0.717) is 5.22 Å². The van der Waals surface area contributed by atoms with E-state index in [1.165, 1.54) is 11.8 Å². The van der Waals surface area contributed by atoms with Gasteiger partial charge in [0.1, 0.15) is 11.3 Å². The molecule has 0 radical (unpaired) electrons. The normalized spacial score (nSPS) is 11.2. The predicted octanol–water partition coefficient (Wildman–Crippen LogP) is 2.90. The van der Waals surface area contributed by atoms with Crippen LogP contribution in [-0.4, -0.2) is 19.7 Å². The minimum absolute atomic E-state index is 0.596. The number of nitrogens with zero attached hydrogens (tertiary/aromatic N) is 4. The SMILES string of the molecule is CCn1c(C)nnc1Sc1nc2ccccc2o1. The van der Waals surface area contributed by atoms with Crippen molar-refractivity contribution < 1.29 is 4.42 Å². The molecule has 0 saturated carbocycles. The Morgan fingerprint density at radius 2 is 2.11 bits per heavy atom. The summed E-state index contributed by atoms with van der Waals surface area (Å²) in [5.41, 5.74) is 1.65. The Kier molecular flexibility index (Phi) is 2.79. The summed E-state index contributed by atoms with van der Waals surface area (Å²) >= 11 is 1.40. The quantitative estimate of drug-likeness (QED) is 0.724. The first-order valence-corrected chi connectivity index (χ1v) is 6.53. The van der Waals surface area contributed by atoms with Gasteiger partial charge in [-0.25, -0.2) is 4.98 Å². The van der Waals surface area contributed by atoms with Crippen LogP contribution in [0.15, 0.2) is 39.1 Å². The van der Waals surface area contributed by atoms with Crippen molar-refractivity contribution in [3.63, 3.8) is 0 Å². The molecular formula is C12H12N4OS. The van der Waals surface area contributed by atoms with Gasteiger partial charge in [-0.15, -0.1) is 10.2 Å². The van der Waals surface area contributed by atoms with E-state index in [0.717, 1.165) is 28.6 Å². The van der Waals surface area contributed by atoms with Gasteiger partial charge in [0, 0.05) is 18.3 Å². The van der Waals surface area contributed by atoms with Gasteiger partial charge in [-0.05, 0) is 26.0 Å². The molecule has 3 aromatic rings. The summed E-state index contributed by atoms with van der Waals surface area (Å²) in [7, 11) is 0. The Labute approximate surface area is 108 Å². The third kappa shape index (κ3) is 1.88. The first-order chi connectivity index (χ1) is 8.78. The molecule has 3 rings (SSSR count). The minimum atomic E-state index is 0.596. The maximum atomic E-state index is 5.65. The molecule has 0 saturated heterocycles. The van der Waals surface area contributed by atoms with Crippen molar-refractivity contribution in [3.8, 4) is 0 Å². The summed E-state index contributed by atoms with van der Waals surface area (Å²) in [4.78, 5) is 4.41. The van der Waals surface area contributed by atoms with E-state index in [-0.39, 0.29) is 0 Å². The molecule has 0 unspecified atom stereocenters. The highest BCUT2D eigenvalue weighted by Crippen LogP contribution is 2.28. The molecule has 92 valence electrons. The lowest BCUT2D eigenvalue weighted by Gasteiger charge is -2.01. The first-order valence-electron chi connectivity index (χ1n) is 5.71. The monoisotopic (exact) mass is 260 g/mol. The lowest BCUT2D eigenvalue weighted by atomic mass is 10.3. The summed E-state index contributed by atoms with van der Waals surface area (Å²) in [6, 6.07) is 7.71. The highest BCUT2D eigenvalue weighted by atomic mass is 32.2. The zero-order valence-electron chi connectivity index (χ0n) is 10.1. The van der Waals surface area contributed by atoms with E-state index in [9.17, 15) is 0 Å². The van der Waals surface area contributed by atoms with Gasteiger partial charge in [0.2, 0.25) is 5.16 Å². The number of oxazole rings is 1. The number of aryl methyl sites for hydroxylation is 1. The Bertz CT molecular complexity index is 655. The van der Waals surface area contributed by atoms with Crippen molar-refractivity contribution in [1.82, 2.24) is 19.7 Å². The molecule has 0 fully saturated rings. The molecule has 0 atom stereocenters. The van der Waals surface area contributed by atoms with Gasteiger partial charge in [-0.1, -0.05) is 12.1 Å². The van der Waals surface area contributed by atoms with Gasteiger partial charge >= 0.3 is 0 Å². The van der Waals surface area contributed by atoms with Crippen LogP contribution in [0.2, 0.25) is 0 Å². The van der Waals surface area contributed by atoms with E-state index < -0.39 is 0 Å². The molecule has 5 nitrogen and oxygen atoms in total. The van der Waals surface area contributed by atoms with Gasteiger partial charge in [0.15, 0.2) is 5.58 Å². The predicted molar refractivity (Wildman–Crippen MR) is 68.6 cm³/mol. The second kappa shape index (κ2) is 4.45. The molecule has 0 spiro atoms. The minimum Gasteiger partial charge on any atom is -0.431 e. The number of para-hydroxylation sites is 2. The first kappa shape index (κ1) is 11.3. The molecule has 2 aromatic heterocycles. The lowest BCUT2D eigenvalue weighted by Crippen LogP contribution is -1.98. The van der Waals surface area contributed by atoms with Crippen LogP contribution >= 0.6 is 11.8 Å². The number of hydrogen-bond donors (Lipinski definition) is 0. The molecule has 0 aliphatic rings. The van der Waals surface area contributed by atoms with Crippen molar-refractivity contribution >= 4 is 22.9 Å². The molecule has 2 heterocycles. The van der Waals surface area contributed by atoms with Gasteiger partial charge < -0.3 is 8.98 Å². The molecule has 1 aromatic carbocycles. The topological polar surface area (TPSA) is 56.7 Å². The highest BCUT2D eigenvalue weighted by Gasteiger charge is 2.13. The van der Waals surface area contributed by atoms with Gasteiger partial charge in [-0.2, -0.15) is 0 Å². The largest absolute Gasteiger partial charge is 0.431 e. The third-order valence-electron chi connectivity index (χ3n) is 2.67. The van der Waals surface area contributed by atoms with E-state index in [1.54, 1.807) is 0 Å². The fourth-order valence-electron chi connectivity index (χ4n) is 1.77. The van der Waals surface area contributed by atoms with E-state index >= 15 is 0 Å².